The maximum absolute atomic E-state index is 13.5. The van der Waals surface area contributed by atoms with Crippen molar-refractivity contribution in [2.45, 2.75) is 19.8 Å². The molecule has 1 aliphatic heterocycles. The van der Waals surface area contributed by atoms with Crippen molar-refractivity contribution in [3.8, 4) is 0 Å². The molecule has 0 unspecified atom stereocenters. The minimum atomic E-state index is -3.24. The van der Waals surface area contributed by atoms with Crippen LogP contribution in [-0.2, 0) is 14.8 Å². The Labute approximate surface area is 157 Å². The molecule has 0 spiro atoms. The van der Waals surface area contributed by atoms with Gasteiger partial charge in [-0.1, -0.05) is 0 Å². The van der Waals surface area contributed by atoms with Crippen molar-refractivity contribution in [1.82, 2.24) is 14.5 Å². The first-order chi connectivity index (χ1) is 12.7. The molecule has 150 valence electrons. The molecule has 2 amide bonds. The molecule has 0 bridgehead atoms. The third-order valence-corrected chi connectivity index (χ3v) is 6.26. The summed E-state index contributed by atoms with van der Waals surface area (Å²) >= 11 is 0. The lowest BCUT2D eigenvalue weighted by Gasteiger charge is -2.33. The average molecular weight is 403 g/mol. The van der Waals surface area contributed by atoms with Gasteiger partial charge in [0.25, 0.3) is 5.91 Å². The van der Waals surface area contributed by atoms with Gasteiger partial charge >= 0.3 is 0 Å². The van der Waals surface area contributed by atoms with Gasteiger partial charge in [0, 0.05) is 45.2 Å². The van der Waals surface area contributed by atoms with Gasteiger partial charge < -0.3 is 10.2 Å². The van der Waals surface area contributed by atoms with Crippen molar-refractivity contribution >= 4 is 21.8 Å². The van der Waals surface area contributed by atoms with Crippen molar-refractivity contribution in [3.63, 3.8) is 0 Å². The second-order valence-electron chi connectivity index (χ2n) is 6.16. The zero-order valence-electron chi connectivity index (χ0n) is 15.1. The standard InChI is InChI=1S/C17H23F2N3O4S/c1-2-27(25,26)22-10-8-21(9-11-22)16(23)4-3-7-20-17(24)14-6-5-13(18)12-15(14)19/h5-6,12H,2-4,7-11H2,1H3,(H,20,24). The van der Waals surface area contributed by atoms with Gasteiger partial charge in [0.1, 0.15) is 11.6 Å². The van der Waals surface area contributed by atoms with E-state index in [2.05, 4.69) is 5.32 Å². The third-order valence-electron chi connectivity index (χ3n) is 4.38. The number of nitrogens with zero attached hydrogens (tertiary/aromatic N) is 2. The second kappa shape index (κ2) is 9.23. The summed E-state index contributed by atoms with van der Waals surface area (Å²) in [7, 11) is -3.24. The Hall–Kier alpha value is -2.07. The van der Waals surface area contributed by atoms with Crippen LogP contribution in [0.3, 0.4) is 0 Å². The molecule has 0 atom stereocenters. The van der Waals surface area contributed by atoms with E-state index >= 15 is 0 Å². The molecule has 27 heavy (non-hydrogen) atoms. The van der Waals surface area contributed by atoms with Crippen molar-refractivity contribution < 1.29 is 26.8 Å². The second-order valence-corrected chi connectivity index (χ2v) is 8.42. The van der Waals surface area contributed by atoms with Crippen LogP contribution < -0.4 is 5.32 Å². The van der Waals surface area contributed by atoms with Crippen LogP contribution in [0.15, 0.2) is 18.2 Å². The van der Waals surface area contributed by atoms with Gasteiger partial charge in [0.2, 0.25) is 15.9 Å². The van der Waals surface area contributed by atoms with E-state index in [4.69, 9.17) is 0 Å². The number of sulfonamides is 1. The van der Waals surface area contributed by atoms with Crippen LogP contribution in [-0.4, -0.2) is 67.9 Å². The van der Waals surface area contributed by atoms with Crippen LogP contribution >= 0.6 is 0 Å². The highest BCUT2D eigenvalue weighted by Gasteiger charge is 2.27. The summed E-state index contributed by atoms with van der Waals surface area (Å²) in [6.07, 6.45) is 0.549. The number of hydrogen-bond donors (Lipinski definition) is 1. The SMILES string of the molecule is CCS(=O)(=O)N1CCN(C(=O)CCCNC(=O)c2ccc(F)cc2F)CC1. The van der Waals surface area contributed by atoms with Gasteiger partial charge in [-0.15, -0.1) is 0 Å². The van der Waals surface area contributed by atoms with Gasteiger partial charge in [0.05, 0.1) is 11.3 Å². The molecule has 0 aromatic heterocycles. The molecule has 1 saturated heterocycles. The van der Waals surface area contributed by atoms with E-state index in [9.17, 15) is 26.8 Å². The molecule has 1 aromatic carbocycles. The summed E-state index contributed by atoms with van der Waals surface area (Å²) in [5.41, 5.74) is -0.254. The van der Waals surface area contributed by atoms with E-state index in [-0.39, 0.29) is 43.3 Å². The van der Waals surface area contributed by atoms with E-state index in [0.717, 1.165) is 12.1 Å². The van der Waals surface area contributed by atoms with Crippen molar-refractivity contribution in [3.05, 3.63) is 35.4 Å². The van der Waals surface area contributed by atoms with Crippen LogP contribution in [0.4, 0.5) is 8.78 Å². The molecule has 7 nitrogen and oxygen atoms in total. The van der Waals surface area contributed by atoms with Crippen LogP contribution in [0.2, 0.25) is 0 Å². The number of amides is 2. The number of nitrogens with one attached hydrogen (secondary N) is 1. The van der Waals surface area contributed by atoms with E-state index < -0.39 is 27.6 Å². The Kier molecular flexibility index (Phi) is 7.25. The highest BCUT2D eigenvalue weighted by Crippen LogP contribution is 2.11. The number of rotatable bonds is 7. The summed E-state index contributed by atoms with van der Waals surface area (Å²) in [5, 5.41) is 2.49. The Morgan fingerprint density at radius 2 is 1.81 bits per heavy atom. The van der Waals surface area contributed by atoms with Crippen LogP contribution in [0, 0.1) is 11.6 Å². The fourth-order valence-corrected chi connectivity index (χ4v) is 3.85. The summed E-state index contributed by atoms with van der Waals surface area (Å²) in [6.45, 7) is 2.99. The van der Waals surface area contributed by atoms with Gasteiger partial charge in [-0.2, -0.15) is 4.31 Å². The third kappa shape index (κ3) is 5.70. The minimum absolute atomic E-state index is 0.0370. The number of halogens is 2. The highest BCUT2D eigenvalue weighted by atomic mass is 32.2. The van der Waals surface area contributed by atoms with Crippen LogP contribution in [0.1, 0.15) is 30.1 Å². The molecule has 2 rings (SSSR count). The predicted octanol–water partition coefficient (Wildman–Crippen LogP) is 0.969. The van der Waals surface area contributed by atoms with Crippen LogP contribution in [0.5, 0.6) is 0 Å². The Morgan fingerprint density at radius 3 is 2.41 bits per heavy atom. The number of hydrogen-bond acceptors (Lipinski definition) is 4. The molecular formula is C17H23F2N3O4S. The summed E-state index contributed by atoms with van der Waals surface area (Å²) in [5.74, 6) is -2.45. The van der Waals surface area contributed by atoms with E-state index in [1.807, 2.05) is 0 Å². The first kappa shape index (κ1) is 21.2. The minimum Gasteiger partial charge on any atom is -0.352 e. The lowest BCUT2D eigenvalue weighted by atomic mass is 10.2. The maximum Gasteiger partial charge on any atom is 0.254 e. The summed E-state index contributed by atoms with van der Waals surface area (Å²) in [6, 6.07) is 2.70. The smallest absolute Gasteiger partial charge is 0.254 e. The highest BCUT2D eigenvalue weighted by molar-refractivity contribution is 7.89. The number of benzene rings is 1. The molecule has 0 saturated carbocycles. The number of piperazine rings is 1. The number of carbonyl (C=O) groups is 2. The molecule has 1 aromatic rings. The van der Waals surface area contributed by atoms with Gasteiger partial charge in [-0.05, 0) is 25.5 Å². The van der Waals surface area contributed by atoms with Crippen molar-refractivity contribution in [1.29, 1.82) is 0 Å². The van der Waals surface area contributed by atoms with Crippen molar-refractivity contribution in [2.75, 3.05) is 38.5 Å². The van der Waals surface area contributed by atoms with Crippen LogP contribution in [0.25, 0.3) is 0 Å². The molecule has 0 radical (unpaired) electrons. The predicted molar refractivity (Wildman–Crippen MR) is 95.5 cm³/mol. The zero-order valence-corrected chi connectivity index (χ0v) is 15.9. The topological polar surface area (TPSA) is 86.8 Å². The quantitative estimate of drug-likeness (QED) is 0.688. The monoisotopic (exact) mass is 403 g/mol. The van der Waals surface area contributed by atoms with Crippen molar-refractivity contribution in [2.24, 2.45) is 0 Å². The first-order valence-corrected chi connectivity index (χ1v) is 10.3. The van der Waals surface area contributed by atoms with Gasteiger partial charge in [0.15, 0.2) is 0 Å². The molecule has 1 N–H and O–H groups in total. The summed E-state index contributed by atoms with van der Waals surface area (Å²) < 4.78 is 51.3. The number of carbonyl (C=O) groups excluding carboxylic acids is 2. The molecule has 0 aliphatic carbocycles. The fourth-order valence-electron chi connectivity index (χ4n) is 2.77. The molecular weight excluding hydrogens is 380 g/mol. The Balaban J connectivity index is 1.71. The molecule has 10 heteroatoms. The zero-order chi connectivity index (χ0) is 20.0. The molecule has 1 fully saturated rings. The lowest BCUT2D eigenvalue weighted by Crippen LogP contribution is -2.50. The normalized spacial score (nSPS) is 15.6. The van der Waals surface area contributed by atoms with Gasteiger partial charge in [-0.3, -0.25) is 9.59 Å². The fraction of sp³-hybridized carbons (Fsp3) is 0.529. The van der Waals surface area contributed by atoms with E-state index in [0.29, 0.717) is 25.6 Å². The van der Waals surface area contributed by atoms with E-state index in [1.165, 1.54) is 4.31 Å². The maximum atomic E-state index is 13.5. The Bertz CT molecular complexity index is 793. The molecule has 1 aliphatic rings. The molecule has 1 heterocycles. The lowest BCUT2D eigenvalue weighted by molar-refractivity contribution is -0.132. The van der Waals surface area contributed by atoms with Gasteiger partial charge in [-0.25, -0.2) is 17.2 Å². The first-order valence-electron chi connectivity index (χ1n) is 8.73. The largest absolute Gasteiger partial charge is 0.352 e. The Morgan fingerprint density at radius 1 is 1.15 bits per heavy atom. The summed E-state index contributed by atoms with van der Waals surface area (Å²) in [4.78, 5) is 25.6. The average Bonchev–Trinajstić information content (AvgIpc) is 2.65. The van der Waals surface area contributed by atoms with E-state index in [1.54, 1.807) is 11.8 Å².